The predicted octanol–water partition coefficient (Wildman–Crippen LogP) is 1.58. The van der Waals surface area contributed by atoms with Crippen LogP contribution in [0.15, 0.2) is 29.2 Å². The van der Waals surface area contributed by atoms with Crippen LogP contribution in [0.2, 0.25) is 0 Å². The summed E-state index contributed by atoms with van der Waals surface area (Å²) in [7, 11) is -2.08. The zero-order chi connectivity index (χ0) is 23.3. The van der Waals surface area contributed by atoms with E-state index in [-0.39, 0.29) is 37.0 Å². The summed E-state index contributed by atoms with van der Waals surface area (Å²) in [6, 6.07) is 6.27. The highest BCUT2D eigenvalue weighted by Crippen LogP contribution is 2.24. The summed E-state index contributed by atoms with van der Waals surface area (Å²) in [5.41, 5.74) is 0.501. The first kappa shape index (κ1) is 24.1. The molecule has 0 radical (unpaired) electrons. The number of ether oxygens (including phenoxy) is 2. The smallest absolute Gasteiger partial charge is 0.350 e. The van der Waals surface area contributed by atoms with Crippen molar-refractivity contribution in [2.45, 2.75) is 18.7 Å². The Morgan fingerprint density at radius 2 is 1.81 bits per heavy atom. The predicted molar refractivity (Wildman–Crippen MR) is 120 cm³/mol. The molecule has 1 aliphatic rings. The molecule has 174 valence electrons. The molecule has 1 fully saturated rings. The van der Waals surface area contributed by atoms with Crippen LogP contribution >= 0.6 is 11.3 Å². The molecule has 1 amide bonds. The molecule has 0 unspecified atom stereocenters. The van der Waals surface area contributed by atoms with Gasteiger partial charge < -0.3 is 14.8 Å². The normalized spacial score (nSPS) is 15.3. The molecule has 10 nitrogen and oxygen atoms in total. The lowest BCUT2D eigenvalue weighted by Gasteiger charge is -2.33. The molecule has 1 aliphatic heterocycles. The van der Waals surface area contributed by atoms with Gasteiger partial charge in [-0.05, 0) is 38.1 Å². The van der Waals surface area contributed by atoms with Gasteiger partial charge in [-0.15, -0.1) is 0 Å². The van der Waals surface area contributed by atoms with Gasteiger partial charge in [0.1, 0.15) is 10.6 Å². The number of aryl methyl sites for hydroxylation is 1. The molecule has 32 heavy (non-hydrogen) atoms. The number of benzene rings is 1. The summed E-state index contributed by atoms with van der Waals surface area (Å²) in [5, 5.41) is 3.03. The molecule has 0 aliphatic carbocycles. The summed E-state index contributed by atoms with van der Waals surface area (Å²) < 4.78 is 37.1. The Labute approximate surface area is 191 Å². The number of carbonyl (C=O) groups is 2. The maximum Gasteiger partial charge on any atom is 0.350 e. The molecule has 2 heterocycles. The van der Waals surface area contributed by atoms with E-state index in [0.29, 0.717) is 34.5 Å². The number of sulfonamides is 1. The van der Waals surface area contributed by atoms with Crippen molar-refractivity contribution in [1.29, 1.82) is 0 Å². The molecule has 3 rings (SSSR count). The average molecular weight is 483 g/mol. The fourth-order valence-electron chi connectivity index (χ4n) is 3.22. The van der Waals surface area contributed by atoms with Crippen molar-refractivity contribution in [2.24, 2.45) is 0 Å². The molecule has 1 aromatic carbocycles. The van der Waals surface area contributed by atoms with Crippen LogP contribution in [0.1, 0.15) is 22.3 Å². The first-order valence-electron chi connectivity index (χ1n) is 10.1. The number of amides is 1. The third-order valence-electron chi connectivity index (χ3n) is 4.90. The Morgan fingerprint density at radius 1 is 1.16 bits per heavy atom. The number of rotatable bonds is 8. The van der Waals surface area contributed by atoms with Crippen LogP contribution in [0, 0.1) is 6.92 Å². The number of esters is 1. The SMILES string of the molecule is CCOC(=O)c1sc(NC(=O)CN2CCN(S(=O)(=O)c3ccc(OC)cc3)CC2)nc1C. The summed E-state index contributed by atoms with van der Waals surface area (Å²) in [6.07, 6.45) is 0. The van der Waals surface area contributed by atoms with Gasteiger partial charge in [-0.1, -0.05) is 11.3 Å². The molecule has 0 saturated carbocycles. The van der Waals surface area contributed by atoms with Crippen LogP contribution in [0.3, 0.4) is 0 Å². The highest BCUT2D eigenvalue weighted by molar-refractivity contribution is 7.89. The van der Waals surface area contributed by atoms with E-state index in [2.05, 4.69) is 10.3 Å². The number of nitrogens with zero attached hydrogens (tertiary/aromatic N) is 3. The highest BCUT2D eigenvalue weighted by Gasteiger charge is 2.29. The number of methoxy groups -OCH3 is 1. The maximum atomic E-state index is 12.8. The van der Waals surface area contributed by atoms with Gasteiger partial charge in [0, 0.05) is 26.2 Å². The van der Waals surface area contributed by atoms with Crippen LogP contribution < -0.4 is 10.1 Å². The minimum absolute atomic E-state index is 0.101. The minimum Gasteiger partial charge on any atom is -0.497 e. The van der Waals surface area contributed by atoms with Gasteiger partial charge in [-0.2, -0.15) is 4.31 Å². The number of nitrogens with one attached hydrogen (secondary N) is 1. The lowest BCUT2D eigenvalue weighted by molar-refractivity contribution is -0.117. The molecular formula is C20H26N4O6S2. The summed E-state index contributed by atoms with van der Waals surface area (Å²) in [6.45, 7) is 5.18. The zero-order valence-electron chi connectivity index (χ0n) is 18.2. The van der Waals surface area contributed by atoms with Gasteiger partial charge in [0.25, 0.3) is 0 Å². The molecule has 1 aromatic heterocycles. The number of aromatic nitrogens is 1. The first-order chi connectivity index (χ1) is 15.2. The second-order valence-corrected chi connectivity index (χ2v) is 9.99. The van der Waals surface area contributed by atoms with Crippen molar-refractivity contribution in [3.63, 3.8) is 0 Å². The molecular weight excluding hydrogens is 456 g/mol. The van der Waals surface area contributed by atoms with Crippen LogP contribution in [0.4, 0.5) is 5.13 Å². The van der Waals surface area contributed by atoms with Crippen LogP contribution in [-0.4, -0.2) is 80.9 Å². The van der Waals surface area contributed by atoms with Crippen molar-refractivity contribution < 1.29 is 27.5 Å². The van der Waals surface area contributed by atoms with Crippen LogP contribution in [0.5, 0.6) is 5.75 Å². The van der Waals surface area contributed by atoms with Crippen molar-refractivity contribution in [2.75, 3.05) is 51.8 Å². The van der Waals surface area contributed by atoms with Crippen molar-refractivity contribution in [3.8, 4) is 5.75 Å². The Morgan fingerprint density at radius 3 is 2.41 bits per heavy atom. The second-order valence-electron chi connectivity index (χ2n) is 7.06. The third kappa shape index (κ3) is 5.63. The number of carbonyl (C=O) groups excluding carboxylic acids is 2. The standard InChI is InChI=1S/C20H26N4O6S2/c1-4-30-19(26)18-14(2)21-20(31-18)22-17(25)13-23-9-11-24(12-10-23)32(27,28)16-7-5-15(29-3)6-8-16/h5-8H,4,9-13H2,1-3H3,(H,21,22,25). The van der Waals surface area contributed by atoms with Gasteiger partial charge in [-0.3, -0.25) is 9.69 Å². The number of anilines is 1. The van der Waals surface area contributed by atoms with Gasteiger partial charge in [0.05, 0.1) is 30.9 Å². The number of piperazine rings is 1. The Balaban J connectivity index is 1.53. The fraction of sp³-hybridized carbons (Fsp3) is 0.450. The summed E-state index contributed by atoms with van der Waals surface area (Å²) in [4.78, 5) is 31.0. The largest absolute Gasteiger partial charge is 0.497 e. The van der Waals surface area contributed by atoms with E-state index in [1.807, 2.05) is 4.90 Å². The quantitative estimate of drug-likeness (QED) is 0.564. The van der Waals surface area contributed by atoms with Crippen LogP contribution in [0.25, 0.3) is 0 Å². The van der Waals surface area contributed by atoms with E-state index >= 15 is 0 Å². The van der Waals surface area contributed by atoms with E-state index in [4.69, 9.17) is 9.47 Å². The van der Waals surface area contributed by atoms with Crippen LogP contribution in [-0.2, 0) is 19.6 Å². The van der Waals surface area contributed by atoms with Gasteiger partial charge >= 0.3 is 5.97 Å². The Bertz CT molecular complexity index is 1060. The number of hydrogen-bond donors (Lipinski definition) is 1. The molecule has 2 aromatic rings. The topological polar surface area (TPSA) is 118 Å². The summed E-state index contributed by atoms with van der Waals surface area (Å²) in [5.74, 6) is -0.151. The van der Waals surface area contributed by atoms with Gasteiger partial charge in [0.15, 0.2) is 5.13 Å². The van der Waals surface area contributed by atoms with E-state index in [0.717, 1.165) is 11.3 Å². The Kier molecular flexibility index (Phi) is 7.82. The molecule has 0 bridgehead atoms. The van der Waals surface area contributed by atoms with Gasteiger partial charge in [-0.25, -0.2) is 18.2 Å². The zero-order valence-corrected chi connectivity index (χ0v) is 19.8. The minimum atomic E-state index is -3.60. The maximum absolute atomic E-state index is 12.8. The number of hydrogen-bond acceptors (Lipinski definition) is 9. The second kappa shape index (κ2) is 10.4. The van der Waals surface area contributed by atoms with E-state index in [9.17, 15) is 18.0 Å². The fourth-order valence-corrected chi connectivity index (χ4v) is 5.52. The highest BCUT2D eigenvalue weighted by atomic mass is 32.2. The average Bonchev–Trinajstić information content (AvgIpc) is 3.14. The van der Waals surface area contributed by atoms with Gasteiger partial charge in [0.2, 0.25) is 15.9 Å². The van der Waals surface area contributed by atoms with Crippen molar-refractivity contribution in [1.82, 2.24) is 14.2 Å². The molecule has 0 spiro atoms. The molecule has 1 saturated heterocycles. The monoisotopic (exact) mass is 482 g/mol. The lowest BCUT2D eigenvalue weighted by Crippen LogP contribution is -2.50. The molecule has 12 heteroatoms. The molecule has 0 atom stereocenters. The lowest BCUT2D eigenvalue weighted by atomic mass is 10.3. The third-order valence-corrected chi connectivity index (χ3v) is 7.87. The van der Waals surface area contributed by atoms with Crippen molar-refractivity contribution in [3.05, 3.63) is 34.8 Å². The first-order valence-corrected chi connectivity index (χ1v) is 12.3. The summed E-state index contributed by atoms with van der Waals surface area (Å²) >= 11 is 1.07. The van der Waals surface area contributed by atoms with Crippen molar-refractivity contribution >= 4 is 38.4 Å². The van der Waals surface area contributed by atoms with E-state index < -0.39 is 16.0 Å². The van der Waals surface area contributed by atoms with E-state index in [1.165, 1.54) is 23.5 Å². The molecule has 1 N–H and O–H groups in total. The van der Waals surface area contributed by atoms with E-state index in [1.54, 1.807) is 26.0 Å². The Hall–Kier alpha value is -2.54. The number of thiazole rings is 1.